The van der Waals surface area contributed by atoms with E-state index in [0.29, 0.717) is 0 Å². The lowest BCUT2D eigenvalue weighted by Gasteiger charge is -2.33. The number of aromatic nitrogens is 4. The highest BCUT2D eigenvalue weighted by Crippen LogP contribution is 2.64. The van der Waals surface area contributed by atoms with Crippen LogP contribution in [0.5, 0.6) is 0 Å². The number of para-hydroxylation sites is 1. The number of rotatable bonds is 3. The van der Waals surface area contributed by atoms with Gasteiger partial charge < -0.3 is 9.13 Å². The first-order valence-electron chi connectivity index (χ1n) is 20.2. The van der Waals surface area contributed by atoms with Crippen molar-refractivity contribution in [3.8, 4) is 33.6 Å². The lowest BCUT2D eigenvalue weighted by Crippen LogP contribution is -2.27. The molecule has 13 rings (SSSR count). The molecule has 5 aromatic carbocycles. The highest BCUT2D eigenvalue weighted by atomic mass is 15.0. The number of aryl methyl sites for hydroxylation is 1. The van der Waals surface area contributed by atoms with Crippen LogP contribution in [0.15, 0.2) is 170 Å². The Morgan fingerprint density at radius 1 is 0.491 bits per heavy atom. The number of benzene rings is 5. The molecule has 268 valence electrons. The molecule has 9 aromatic rings. The van der Waals surface area contributed by atoms with Gasteiger partial charge in [-0.1, -0.05) is 85.0 Å². The summed E-state index contributed by atoms with van der Waals surface area (Å²) in [5.74, 6) is 0. The molecule has 1 unspecified atom stereocenters. The summed E-state index contributed by atoms with van der Waals surface area (Å²) in [5.41, 5.74) is 21.8. The lowest BCUT2D eigenvalue weighted by molar-refractivity contribution is 0.713. The normalized spacial score (nSPS) is 17.4. The Morgan fingerprint density at radius 3 is 2.07 bits per heavy atom. The van der Waals surface area contributed by atoms with Crippen LogP contribution in [-0.2, 0) is 11.8 Å². The zero-order chi connectivity index (χ0) is 37.2. The molecule has 1 atom stereocenters. The van der Waals surface area contributed by atoms with Crippen LogP contribution >= 0.6 is 0 Å². The summed E-state index contributed by atoms with van der Waals surface area (Å²) in [5, 5.41) is 3.81. The summed E-state index contributed by atoms with van der Waals surface area (Å²) < 4.78 is 4.84. The van der Waals surface area contributed by atoms with Crippen molar-refractivity contribution in [3.63, 3.8) is 0 Å². The van der Waals surface area contributed by atoms with E-state index in [2.05, 4.69) is 166 Å². The van der Waals surface area contributed by atoms with Crippen LogP contribution in [0, 0.1) is 0 Å². The molecule has 0 radical (unpaired) electrons. The van der Waals surface area contributed by atoms with Gasteiger partial charge in [-0.05, 0) is 142 Å². The van der Waals surface area contributed by atoms with Crippen molar-refractivity contribution in [3.05, 3.63) is 203 Å². The molecule has 4 nitrogen and oxygen atoms in total. The first-order chi connectivity index (χ1) is 28.3. The second-order valence-corrected chi connectivity index (χ2v) is 15.9. The number of fused-ring (bicyclic) bond motifs is 15. The van der Waals surface area contributed by atoms with Crippen LogP contribution in [0.4, 0.5) is 0 Å². The van der Waals surface area contributed by atoms with Crippen molar-refractivity contribution < 1.29 is 0 Å². The lowest BCUT2D eigenvalue weighted by atomic mass is 9.68. The fourth-order valence-corrected chi connectivity index (χ4v) is 11.0. The third-order valence-electron chi connectivity index (χ3n) is 13.3. The van der Waals surface area contributed by atoms with Crippen molar-refractivity contribution in [2.45, 2.75) is 31.1 Å². The van der Waals surface area contributed by atoms with Crippen LogP contribution in [0.1, 0.15) is 52.8 Å². The molecule has 0 aliphatic heterocycles. The van der Waals surface area contributed by atoms with Crippen LogP contribution in [0.3, 0.4) is 0 Å². The van der Waals surface area contributed by atoms with Crippen molar-refractivity contribution in [1.29, 1.82) is 0 Å². The molecule has 0 bridgehead atoms. The van der Waals surface area contributed by atoms with Gasteiger partial charge in [-0.2, -0.15) is 0 Å². The van der Waals surface area contributed by atoms with Gasteiger partial charge in [-0.25, -0.2) is 0 Å². The maximum atomic E-state index is 4.71. The van der Waals surface area contributed by atoms with E-state index in [4.69, 9.17) is 4.98 Å². The maximum Gasteiger partial charge on any atom is 0.0724 e. The Balaban J connectivity index is 0.958. The summed E-state index contributed by atoms with van der Waals surface area (Å²) in [4.78, 5) is 9.19. The van der Waals surface area contributed by atoms with E-state index < -0.39 is 0 Å². The van der Waals surface area contributed by atoms with E-state index in [0.717, 1.165) is 36.9 Å². The van der Waals surface area contributed by atoms with E-state index in [1.165, 1.54) is 99.8 Å². The van der Waals surface area contributed by atoms with E-state index in [1.54, 1.807) is 0 Å². The average Bonchev–Trinajstić information content (AvgIpc) is 3.98. The Kier molecular flexibility index (Phi) is 6.29. The summed E-state index contributed by atoms with van der Waals surface area (Å²) >= 11 is 0. The molecule has 4 aliphatic carbocycles. The van der Waals surface area contributed by atoms with Gasteiger partial charge >= 0.3 is 0 Å². The second-order valence-electron chi connectivity index (χ2n) is 15.9. The molecule has 0 fully saturated rings. The van der Waals surface area contributed by atoms with E-state index >= 15 is 0 Å². The van der Waals surface area contributed by atoms with Gasteiger partial charge in [-0.15, -0.1) is 0 Å². The number of allylic oxidation sites excluding steroid dienone is 5. The first kappa shape index (κ1) is 31.2. The molecular weight excluding hydrogens is 693 g/mol. The SMILES string of the molecule is C1=CC2=C(CC1)C1(c3ccccc32)c2ccncc2-c2cc3c4c(n(-c5ccc(-c6ccc(-n7c8ccccc8c8ccncc87)cc6)cc5)c3cc21)C=CCC4. The molecule has 0 saturated carbocycles. The van der Waals surface area contributed by atoms with Crippen molar-refractivity contribution in [2.75, 3.05) is 0 Å². The standard InChI is InChI=1S/C53H36N4/c1-5-13-45-37(9-1)38-10-2-6-14-46(38)53(45)47-26-28-54-31-44(47)42-29-43-40-12-4-8-16-50(40)56(51(43)30-48(42)53)35-21-17-33(18-22-35)34-19-23-36(24-20-34)57-49-15-7-3-11-39(49)41-25-27-55-32-52(41)57/h1-3,5,7-11,13,15-32H,4,6,12,14H2. The first-order valence-corrected chi connectivity index (χ1v) is 20.2. The van der Waals surface area contributed by atoms with Crippen LogP contribution in [0.25, 0.3) is 78.0 Å². The molecule has 0 amide bonds. The molecule has 4 aromatic heterocycles. The highest BCUT2D eigenvalue weighted by molar-refractivity contribution is 6.09. The summed E-state index contributed by atoms with van der Waals surface area (Å²) in [7, 11) is 0. The molecule has 4 heteroatoms. The predicted octanol–water partition coefficient (Wildman–Crippen LogP) is 12.6. The summed E-state index contributed by atoms with van der Waals surface area (Å²) in [6.07, 6.45) is 21.6. The van der Waals surface area contributed by atoms with Crippen LogP contribution in [0.2, 0.25) is 0 Å². The minimum Gasteiger partial charge on any atom is -0.310 e. The molecule has 0 N–H and O–H groups in total. The van der Waals surface area contributed by atoms with Crippen LogP contribution in [-0.4, -0.2) is 19.1 Å². The molecule has 1 spiro atoms. The Hall–Kier alpha value is -7.04. The Labute approximate surface area is 330 Å². The Bertz CT molecular complexity index is 3220. The van der Waals surface area contributed by atoms with Gasteiger partial charge in [0, 0.05) is 57.4 Å². The van der Waals surface area contributed by atoms with Crippen molar-refractivity contribution in [1.82, 2.24) is 19.1 Å². The third-order valence-corrected chi connectivity index (χ3v) is 13.3. The number of hydrogen-bond acceptors (Lipinski definition) is 2. The molecule has 4 heterocycles. The minimum atomic E-state index is -0.324. The second kappa shape index (κ2) is 11.5. The van der Waals surface area contributed by atoms with Gasteiger partial charge in [-0.3, -0.25) is 9.97 Å². The number of pyridine rings is 2. The smallest absolute Gasteiger partial charge is 0.0724 e. The third kappa shape index (κ3) is 4.07. The molecule has 4 aliphatic rings. The molecular formula is C53H36N4. The minimum absolute atomic E-state index is 0.324. The fraction of sp³-hybridized carbons (Fsp3) is 0.0943. The van der Waals surface area contributed by atoms with Gasteiger partial charge in [0.1, 0.15) is 0 Å². The largest absolute Gasteiger partial charge is 0.310 e. The molecule has 57 heavy (non-hydrogen) atoms. The van der Waals surface area contributed by atoms with Crippen molar-refractivity contribution >= 4 is 44.4 Å². The quantitative estimate of drug-likeness (QED) is 0.182. The maximum absolute atomic E-state index is 4.71. The Morgan fingerprint density at radius 2 is 1.19 bits per heavy atom. The number of hydrogen-bond donors (Lipinski definition) is 0. The predicted molar refractivity (Wildman–Crippen MR) is 233 cm³/mol. The fourth-order valence-electron chi connectivity index (χ4n) is 11.0. The van der Waals surface area contributed by atoms with E-state index in [9.17, 15) is 0 Å². The van der Waals surface area contributed by atoms with Gasteiger partial charge in [0.15, 0.2) is 0 Å². The van der Waals surface area contributed by atoms with Gasteiger partial charge in [0.05, 0.1) is 28.2 Å². The number of nitrogens with zero attached hydrogens (tertiary/aromatic N) is 4. The van der Waals surface area contributed by atoms with Gasteiger partial charge in [0.25, 0.3) is 0 Å². The summed E-state index contributed by atoms with van der Waals surface area (Å²) in [6, 6.07) is 45.4. The summed E-state index contributed by atoms with van der Waals surface area (Å²) in [6.45, 7) is 0. The zero-order valence-corrected chi connectivity index (χ0v) is 31.3. The zero-order valence-electron chi connectivity index (χ0n) is 31.3. The molecule has 0 saturated heterocycles. The van der Waals surface area contributed by atoms with Crippen LogP contribution < -0.4 is 0 Å². The van der Waals surface area contributed by atoms with E-state index in [1.807, 2.05) is 18.6 Å². The van der Waals surface area contributed by atoms with Gasteiger partial charge in [0.2, 0.25) is 0 Å². The monoisotopic (exact) mass is 728 g/mol. The topological polar surface area (TPSA) is 35.6 Å². The average molecular weight is 729 g/mol. The van der Waals surface area contributed by atoms with Crippen molar-refractivity contribution in [2.24, 2.45) is 0 Å². The highest BCUT2D eigenvalue weighted by Gasteiger charge is 2.53. The van der Waals surface area contributed by atoms with E-state index in [-0.39, 0.29) is 5.41 Å².